The Morgan fingerprint density at radius 1 is 1.12 bits per heavy atom. The van der Waals surface area contributed by atoms with Crippen LogP contribution >= 0.6 is 0 Å². The molecule has 0 unspecified atom stereocenters. The molecule has 3 fully saturated rings. The Hall–Kier alpha value is -0.860. The number of rotatable bonds is 7. The van der Waals surface area contributed by atoms with Crippen LogP contribution in [0.2, 0.25) is 0 Å². The fourth-order valence-corrected chi connectivity index (χ4v) is 7.25. The summed E-state index contributed by atoms with van der Waals surface area (Å²) >= 11 is 0. The lowest BCUT2D eigenvalue weighted by Gasteiger charge is -2.44. The molecule has 33 heavy (non-hydrogen) atoms. The molecule has 0 aromatic carbocycles. The van der Waals surface area contributed by atoms with Gasteiger partial charge in [0.15, 0.2) is 0 Å². The Morgan fingerprint density at radius 2 is 1.85 bits per heavy atom. The number of fused-ring (bicyclic) bond motifs is 1. The van der Waals surface area contributed by atoms with E-state index in [1.54, 1.807) is 5.57 Å². The molecule has 5 atom stereocenters. The normalized spacial score (nSPS) is 34.7. The quantitative estimate of drug-likeness (QED) is 0.416. The third-order valence-corrected chi connectivity index (χ3v) is 8.86. The summed E-state index contributed by atoms with van der Waals surface area (Å²) in [5, 5.41) is 10.1. The van der Waals surface area contributed by atoms with Gasteiger partial charge in [-0.3, -0.25) is 0 Å². The minimum atomic E-state index is -0.532. The molecular formula is C31H52O2. The Labute approximate surface area is 205 Å². The molecular weight excluding hydrogens is 404 g/mol. The van der Waals surface area contributed by atoms with Crippen molar-refractivity contribution in [3.63, 3.8) is 0 Å². The topological polar surface area (TPSA) is 29.5 Å². The van der Waals surface area contributed by atoms with Gasteiger partial charge in [0.25, 0.3) is 0 Å². The van der Waals surface area contributed by atoms with Gasteiger partial charge < -0.3 is 9.84 Å². The van der Waals surface area contributed by atoms with Crippen molar-refractivity contribution < 1.29 is 9.84 Å². The fraction of sp³-hybridized carbons (Fsp3) is 0.806. The van der Waals surface area contributed by atoms with Gasteiger partial charge >= 0.3 is 0 Å². The smallest absolute Gasteiger partial charge is 0.0625 e. The van der Waals surface area contributed by atoms with Crippen LogP contribution in [0, 0.1) is 23.2 Å². The summed E-state index contributed by atoms with van der Waals surface area (Å²) in [5.41, 5.74) is 4.23. The van der Waals surface area contributed by atoms with Gasteiger partial charge in [0.1, 0.15) is 0 Å². The number of aliphatic hydroxyl groups is 1. The molecule has 0 spiro atoms. The first-order valence-electron chi connectivity index (χ1n) is 13.8. The zero-order valence-corrected chi connectivity index (χ0v) is 22.8. The van der Waals surface area contributed by atoms with Gasteiger partial charge in [-0.2, -0.15) is 0 Å². The summed E-state index contributed by atoms with van der Waals surface area (Å²) in [6.07, 6.45) is 18.3. The van der Waals surface area contributed by atoms with Gasteiger partial charge in [0.05, 0.1) is 17.3 Å². The molecule has 3 aliphatic carbocycles. The van der Waals surface area contributed by atoms with Crippen molar-refractivity contribution in [2.75, 3.05) is 0 Å². The van der Waals surface area contributed by atoms with Gasteiger partial charge in [-0.05, 0) is 121 Å². The van der Waals surface area contributed by atoms with Crippen molar-refractivity contribution in [1.29, 1.82) is 0 Å². The molecule has 3 aliphatic rings. The van der Waals surface area contributed by atoms with E-state index < -0.39 is 5.60 Å². The fourth-order valence-electron chi connectivity index (χ4n) is 7.25. The van der Waals surface area contributed by atoms with Gasteiger partial charge in [-0.1, -0.05) is 56.6 Å². The van der Waals surface area contributed by atoms with E-state index in [4.69, 9.17) is 4.74 Å². The van der Waals surface area contributed by atoms with E-state index >= 15 is 0 Å². The number of hydrogen-bond donors (Lipinski definition) is 1. The summed E-state index contributed by atoms with van der Waals surface area (Å²) in [7, 11) is 0. The molecule has 0 aromatic rings. The molecule has 3 rings (SSSR count). The average molecular weight is 457 g/mol. The monoisotopic (exact) mass is 456 g/mol. The molecule has 3 saturated carbocycles. The number of ether oxygens (including phenoxy) is 1. The summed E-state index contributed by atoms with van der Waals surface area (Å²) < 4.78 is 6.31. The third-order valence-electron chi connectivity index (χ3n) is 8.86. The van der Waals surface area contributed by atoms with E-state index in [-0.39, 0.29) is 5.60 Å². The average Bonchev–Trinajstić information content (AvgIpc) is 3.03. The maximum Gasteiger partial charge on any atom is 0.0625 e. The Kier molecular flexibility index (Phi) is 8.43. The van der Waals surface area contributed by atoms with E-state index in [0.29, 0.717) is 11.5 Å². The lowest BCUT2D eigenvalue weighted by molar-refractivity contribution is -0.0643. The Balaban J connectivity index is 1.68. The van der Waals surface area contributed by atoms with Crippen molar-refractivity contribution in [3.8, 4) is 0 Å². The van der Waals surface area contributed by atoms with Crippen LogP contribution in [0.4, 0.5) is 0 Å². The van der Waals surface area contributed by atoms with Crippen LogP contribution in [0.5, 0.6) is 0 Å². The van der Waals surface area contributed by atoms with E-state index in [2.05, 4.69) is 53.3 Å². The Morgan fingerprint density at radius 3 is 2.52 bits per heavy atom. The van der Waals surface area contributed by atoms with E-state index in [0.717, 1.165) is 49.9 Å². The van der Waals surface area contributed by atoms with Crippen molar-refractivity contribution >= 4 is 0 Å². The summed E-state index contributed by atoms with van der Waals surface area (Å²) in [4.78, 5) is 0. The molecule has 0 amide bonds. The van der Waals surface area contributed by atoms with Crippen molar-refractivity contribution in [2.45, 2.75) is 136 Å². The molecule has 2 nitrogen and oxygen atoms in total. The summed E-state index contributed by atoms with van der Waals surface area (Å²) in [6, 6.07) is 0. The van der Waals surface area contributed by atoms with E-state index in [1.807, 2.05) is 13.8 Å². The largest absolute Gasteiger partial charge is 0.390 e. The molecule has 0 heterocycles. The maximum atomic E-state index is 10.1. The lowest BCUT2D eigenvalue weighted by atomic mass is 9.60. The van der Waals surface area contributed by atoms with Crippen LogP contribution in [0.25, 0.3) is 0 Å². The Bertz CT molecular complexity index is 744. The lowest BCUT2D eigenvalue weighted by Crippen LogP contribution is -2.36. The second-order valence-corrected chi connectivity index (χ2v) is 13.4. The standard InChI is InChI=1S/C31H52O2/c1-22-13-16-26(33-29(3,4)5)21-25(22)15-14-24-12-10-20-31(8)27(17-18-28(24)31)23(2)11-9-19-30(6,7)32/h14-15,23,26-28,32H,1,9-13,16-21H2,2-8H3/b24-14+,25-15-/t23-,26+,27-,28+,31-/m1/s1. The second-order valence-electron chi connectivity index (χ2n) is 13.4. The molecule has 2 heteroatoms. The maximum absolute atomic E-state index is 10.1. The van der Waals surface area contributed by atoms with Crippen molar-refractivity contribution in [1.82, 2.24) is 0 Å². The molecule has 0 saturated heterocycles. The van der Waals surface area contributed by atoms with Gasteiger partial charge in [-0.25, -0.2) is 0 Å². The highest BCUT2D eigenvalue weighted by atomic mass is 16.5. The van der Waals surface area contributed by atoms with Crippen molar-refractivity contribution in [2.24, 2.45) is 23.2 Å². The third kappa shape index (κ3) is 7.07. The molecule has 0 bridgehead atoms. The summed E-state index contributed by atoms with van der Waals surface area (Å²) in [6.45, 7) is 19.8. The first kappa shape index (κ1) is 26.7. The minimum absolute atomic E-state index is 0.0828. The van der Waals surface area contributed by atoms with Crippen LogP contribution in [-0.2, 0) is 4.74 Å². The number of hydrogen-bond acceptors (Lipinski definition) is 2. The highest BCUT2D eigenvalue weighted by Crippen LogP contribution is 2.60. The zero-order valence-electron chi connectivity index (χ0n) is 22.8. The van der Waals surface area contributed by atoms with Crippen LogP contribution in [0.3, 0.4) is 0 Å². The first-order chi connectivity index (χ1) is 15.3. The molecule has 0 aliphatic heterocycles. The minimum Gasteiger partial charge on any atom is -0.390 e. The summed E-state index contributed by atoms with van der Waals surface area (Å²) in [5.74, 6) is 2.30. The molecule has 188 valence electrons. The van der Waals surface area contributed by atoms with Gasteiger partial charge in [-0.15, -0.1) is 0 Å². The van der Waals surface area contributed by atoms with E-state index in [9.17, 15) is 5.11 Å². The van der Waals surface area contributed by atoms with Crippen LogP contribution in [0.1, 0.15) is 119 Å². The van der Waals surface area contributed by atoms with E-state index in [1.165, 1.54) is 49.7 Å². The van der Waals surface area contributed by atoms with Gasteiger partial charge in [0.2, 0.25) is 0 Å². The molecule has 1 N–H and O–H groups in total. The molecule has 0 radical (unpaired) electrons. The zero-order chi connectivity index (χ0) is 24.4. The molecule has 0 aromatic heterocycles. The first-order valence-corrected chi connectivity index (χ1v) is 13.8. The van der Waals surface area contributed by atoms with Crippen LogP contribution < -0.4 is 0 Å². The predicted octanol–water partition coefficient (Wildman–Crippen LogP) is 8.56. The highest BCUT2D eigenvalue weighted by Gasteiger charge is 2.50. The van der Waals surface area contributed by atoms with Crippen molar-refractivity contribution in [3.05, 3.63) is 35.5 Å². The number of allylic oxidation sites excluding steroid dienone is 4. The van der Waals surface area contributed by atoms with Crippen LogP contribution in [-0.4, -0.2) is 22.4 Å². The SMILES string of the molecule is C=C1CC[C@H](OC(C)(C)C)C/C1=C/C=C1\CCC[C@]2(C)[C@@H]([C@H](C)CCCC(C)(C)O)CC[C@@H]12. The predicted molar refractivity (Wildman–Crippen MR) is 141 cm³/mol. The highest BCUT2D eigenvalue weighted by molar-refractivity contribution is 5.36. The van der Waals surface area contributed by atoms with Gasteiger partial charge in [0, 0.05) is 0 Å². The van der Waals surface area contributed by atoms with Crippen LogP contribution in [0.15, 0.2) is 35.5 Å². The second kappa shape index (κ2) is 10.4.